The molecule has 1 saturated heterocycles. The molecule has 17 heavy (non-hydrogen) atoms. The van der Waals surface area contributed by atoms with Crippen LogP contribution in [0.3, 0.4) is 0 Å². The van der Waals surface area contributed by atoms with Crippen molar-refractivity contribution in [3.8, 4) is 5.75 Å². The van der Waals surface area contributed by atoms with Crippen molar-refractivity contribution in [1.29, 1.82) is 0 Å². The third-order valence-corrected chi connectivity index (χ3v) is 2.44. The van der Waals surface area contributed by atoms with Crippen LogP contribution in [0.25, 0.3) is 0 Å². The van der Waals surface area contributed by atoms with Gasteiger partial charge >= 0.3 is 6.61 Å². The van der Waals surface area contributed by atoms with Crippen molar-refractivity contribution in [2.45, 2.75) is 12.7 Å². The molecule has 7 heteroatoms. The predicted molar refractivity (Wildman–Crippen MR) is 59.7 cm³/mol. The van der Waals surface area contributed by atoms with Gasteiger partial charge in [-0.3, -0.25) is 4.79 Å². The molecule has 1 aliphatic heterocycles. The Labute approximate surface area is 101 Å². The van der Waals surface area contributed by atoms with E-state index in [1.54, 1.807) is 12.1 Å². The molecule has 1 aliphatic rings. The molecule has 1 aromatic carbocycles. The van der Waals surface area contributed by atoms with Crippen LogP contribution in [0.5, 0.6) is 5.75 Å². The van der Waals surface area contributed by atoms with Gasteiger partial charge in [-0.05, 0) is 18.3 Å². The van der Waals surface area contributed by atoms with E-state index >= 15 is 0 Å². The Balaban J connectivity index is 2.31. The standard InChI is InChI=1S/C10H8F2N2O2S/c11-9(12)16-6-4-2-1-3-5(6)7-8(15)14-10(17)13-7/h1-4,7,9H,(H2,13,14,15,17). The van der Waals surface area contributed by atoms with Gasteiger partial charge in [-0.15, -0.1) is 0 Å². The van der Waals surface area contributed by atoms with Crippen LogP contribution in [0.4, 0.5) is 8.78 Å². The molecular weight excluding hydrogens is 250 g/mol. The molecule has 1 atom stereocenters. The predicted octanol–water partition coefficient (Wildman–Crippen LogP) is 1.33. The van der Waals surface area contributed by atoms with E-state index in [0.717, 1.165) is 0 Å². The lowest BCUT2D eigenvalue weighted by Crippen LogP contribution is -2.21. The summed E-state index contributed by atoms with van der Waals surface area (Å²) in [6, 6.07) is 5.29. The zero-order valence-electron chi connectivity index (χ0n) is 8.44. The number of alkyl halides is 2. The van der Waals surface area contributed by atoms with Crippen molar-refractivity contribution in [2.75, 3.05) is 0 Å². The highest BCUT2D eigenvalue weighted by molar-refractivity contribution is 7.80. The van der Waals surface area contributed by atoms with Gasteiger partial charge < -0.3 is 15.4 Å². The van der Waals surface area contributed by atoms with Gasteiger partial charge in [-0.25, -0.2) is 0 Å². The van der Waals surface area contributed by atoms with Gasteiger partial charge in [0.15, 0.2) is 5.11 Å². The summed E-state index contributed by atoms with van der Waals surface area (Å²) in [6.45, 7) is -2.94. The minimum Gasteiger partial charge on any atom is -0.434 e. The largest absolute Gasteiger partial charge is 0.434 e. The number of hydrogen-bond donors (Lipinski definition) is 2. The van der Waals surface area contributed by atoms with Gasteiger partial charge in [-0.1, -0.05) is 18.2 Å². The molecular formula is C10H8F2N2O2S. The second kappa shape index (κ2) is 4.62. The maximum atomic E-state index is 12.2. The van der Waals surface area contributed by atoms with Gasteiger partial charge in [0.25, 0.3) is 5.91 Å². The Hall–Kier alpha value is -1.76. The summed E-state index contributed by atoms with van der Waals surface area (Å²) >= 11 is 4.77. The van der Waals surface area contributed by atoms with Crippen LogP contribution in [-0.2, 0) is 4.79 Å². The third kappa shape index (κ3) is 2.50. The average Bonchev–Trinajstić information content (AvgIpc) is 2.58. The molecule has 90 valence electrons. The van der Waals surface area contributed by atoms with Gasteiger partial charge in [-0.2, -0.15) is 8.78 Å². The molecule has 1 aromatic rings. The van der Waals surface area contributed by atoms with Gasteiger partial charge in [0, 0.05) is 5.56 Å². The normalized spacial score (nSPS) is 19.1. The van der Waals surface area contributed by atoms with Crippen molar-refractivity contribution in [1.82, 2.24) is 10.6 Å². The van der Waals surface area contributed by atoms with Crippen LogP contribution in [0.1, 0.15) is 11.6 Å². The molecule has 0 aliphatic carbocycles. The third-order valence-electron chi connectivity index (χ3n) is 2.22. The van der Waals surface area contributed by atoms with E-state index in [1.807, 2.05) is 0 Å². The molecule has 0 spiro atoms. The van der Waals surface area contributed by atoms with Crippen molar-refractivity contribution in [3.05, 3.63) is 29.8 Å². The van der Waals surface area contributed by atoms with Gasteiger partial charge in [0.2, 0.25) is 0 Å². The Kier molecular flexibility index (Phi) is 3.19. The van der Waals surface area contributed by atoms with E-state index in [1.165, 1.54) is 12.1 Å². The Bertz CT molecular complexity index is 467. The number of thiocarbonyl (C=S) groups is 1. The average molecular weight is 258 g/mol. The topological polar surface area (TPSA) is 50.4 Å². The fourth-order valence-electron chi connectivity index (χ4n) is 1.56. The number of ether oxygens (including phenoxy) is 1. The quantitative estimate of drug-likeness (QED) is 0.803. The number of nitrogens with one attached hydrogen (secondary N) is 2. The smallest absolute Gasteiger partial charge is 0.387 e. The van der Waals surface area contributed by atoms with Crippen molar-refractivity contribution >= 4 is 23.2 Å². The highest BCUT2D eigenvalue weighted by atomic mass is 32.1. The van der Waals surface area contributed by atoms with E-state index in [0.29, 0.717) is 5.56 Å². The zero-order valence-corrected chi connectivity index (χ0v) is 9.26. The van der Waals surface area contributed by atoms with E-state index < -0.39 is 12.7 Å². The molecule has 1 amide bonds. The van der Waals surface area contributed by atoms with Gasteiger partial charge in [0.05, 0.1) is 0 Å². The number of rotatable bonds is 3. The van der Waals surface area contributed by atoms with E-state index in [4.69, 9.17) is 12.2 Å². The van der Waals surface area contributed by atoms with E-state index in [2.05, 4.69) is 15.4 Å². The number of carbonyl (C=O) groups excluding carboxylic acids is 1. The second-order valence-corrected chi connectivity index (χ2v) is 3.72. The lowest BCUT2D eigenvalue weighted by atomic mass is 10.1. The summed E-state index contributed by atoms with van der Waals surface area (Å²) in [4.78, 5) is 11.5. The van der Waals surface area contributed by atoms with Gasteiger partial charge in [0.1, 0.15) is 11.8 Å². The first-order valence-electron chi connectivity index (χ1n) is 4.73. The summed E-state index contributed by atoms with van der Waals surface area (Å²) in [5.74, 6) is -0.430. The SMILES string of the molecule is O=C1NC(=S)NC1c1ccccc1OC(F)F. The zero-order chi connectivity index (χ0) is 12.4. The highest BCUT2D eigenvalue weighted by Gasteiger charge is 2.31. The van der Waals surface area contributed by atoms with Crippen LogP contribution in [-0.4, -0.2) is 17.6 Å². The summed E-state index contributed by atoms with van der Waals surface area (Å²) in [5.41, 5.74) is 0.324. The maximum Gasteiger partial charge on any atom is 0.387 e. The number of halogens is 2. The Morgan fingerprint density at radius 2 is 2.06 bits per heavy atom. The maximum absolute atomic E-state index is 12.2. The lowest BCUT2D eigenvalue weighted by Gasteiger charge is -2.13. The molecule has 1 heterocycles. The fraction of sp³-hybridized carbons (Fsp3) is 0.200. The van der Waals surface area contributed by atoms with Crippen molar-refractivity contribution < 1.29 is 18.3 Å². The number of para-hydroxylation sites is 1. The first-order valence-corrected chi connectivity index (χ1v) is 5.14. The molecule has 2 N–H and O–H groups in total. The van der Waals surface area contributed by atoms with Crippen LogP contribution in [0.15, 0.2) is 24.3 Å². The minimum atomic E-state index is -2.94. The van der Waals surface area contributed by atoms with Crippen LogP contribution >= 0.6 is 12.2 Å². The molecule has 0 aromatic heterocycles. The summed E-state index contributed by atoms with van der Waals surface area (Å²) in [7, 11) is 0. The molecule has 1 fully saturated rings. The number of amides is 1. The molecule has 0 bridgehead atoms. The monoisotopic (exact) mass is 258 g/mol. The number of benzene rings is 1. The molecule has 2 rings (SSSR count). The fourth-order valence-corrected chi connectivity index (χ4v) is 1.78. The van der Waals surface area contributed by atoms with Crippen LogP contribution in [0.2, 0.25) is 0 Å². The first-order chi connectivity index (χ1) is 8.08. The summed E-state index contributed by atoms with van der Waals surface area (Å²) in [5, 5.41) is 5.24. The van der Waals surface area contributed by atoms with E-state index in [-0.39, 0.29) is 16.8 Å². The Morgan fingerprint density at radius 1 is 1.35 bits per heavy atom. The van der Waals surface area contributed by atoms with Crippen LogP contribution < -0.4 is 15.4 Å². The number of carbonyl (C=O) groups is 1. The number of hydrogen-bond acceptors (Lipinski definition) is 3. The first kappa shape index (κ1) is 11.7. The molecule has 0 radical (unpaired) electrons. The molecule has 4 nitrogen and oxygen atoms in total. The highest BCUT2D eigenvalue weighted by Crippen LogP contribution is 2.28. The second-order valence-electron chi connectivity index (χ2n) is 3.31. The summed E-state index contributed by atoms with van der Waals surface area (Å²) in [6.07, 6.45) is 0. The van der Waals surface area contributed by atoms with Crippen LogP contribution in [0, 0.1) is 0 Å². The van der Waals surface area contributed by atoms with E-state index in [9.17, 15) is 13.6 Å². The summed E-state index contributed by atoms with van der Waals surface area (Å²) < 4.78 is 28.7. The van der Waals surface area contributed by atoms with Crippen molar-refractivity contribution in [3.63, 3.8) is 0 Å². The van der Waals surface area contributed by atoms with Crippen molar-refractivity contribution in [2.24, 2.45) is 0 Å². The molecule has 0 saturated carbocycles. The Morgan fingerprint density at radius 3 is 2.65 bits per heavy atom. The lowest BCUT2D eigenvalue weighted by molar-refractivity contribution is -0.120. The molecule has 1 unspecified atom stereocenters. The minimum absolute atomic E-state index is 0.0418.